The highest BCUT2D eigenvalue weighted by Gasteiger charge is 2.52. The zero-order valence-electron chi connectivity index (χ0n) is 22.7. The number of ether oxygens (including phenoxy) is 3. The molecule has 2 atom stereocenters. The maximum Gasteiger partial charge on any atom is 0.251 e. The van der Waals surface area contributed by atoms with Crippen molar-refractivity contribution in [3.8, 4) is 11.5 Å². The number of benzene rings is 2. The van der Waals surface area contributed by atoms with Crippen LogP contribution < -0.4 is 21.1 Å². The van der Waals surface area contributed by atoms with Crippen LogP contribution in [0.25, 0.3) is 0 Å². The fourth-order valence-electron chi connectivity index (χ4n) is 5.17. The molecule has 218 valence electrons. The van der Waals surface area contributed by atoms with E-state index < -0.39 is 23.6 Å². The number of hydrogen-bond acceptors (Lipinski definition) is 9. The van der Waals surface area contributed by atoms with Gasteiger partial charge in [-0.2, -0.15) is 0 Å². The molecular weight excluding hydrogens is 578 g/mol. The van der Waals surface area contributed by atoms with E-state index in [1.54, 1.807) is 35.3 Å². The lowest BCUT2D eigenvalue weighted by Gasteiger charge is -2.25. The first kappa shape index (κ1) is 28.2. The fourth-order valence-corrected chi connectivity index (χ4v) is 7.02. The zero-order chi connectivity index (χ0) is 29.4. The third kappa shape index (κ3) is 5.60. The third-order valence-electron chi connectivity index (χ3n) is 7.34. The van der Waals surface area contributed by atoms with E-state index in [4.69, 9.17) is 25.4 Å². The maximum atomic E-state index is 13.4. The molecule has 4 heterocycles. The lowest BCUT2D eigenvalue weighted by molar-refractivity contribution is -0.152. The fraction of sp³-hybridized carbons (Fsp3) is 0.310. The van der Waals surface area contributed by atoms with Gasteiger partial charge < -0.3 is 35.5 Å². The Kier molecular flexibility index (Phi) is 7.66. The van der Waals surface area contributed by atoms with Crippen LogP contribution in [-0.2, 0) is 19.1 Å². The third-order valence-corrected chi connectivity index (χ3v) is 9.57. The molecule has 3 aromatic rings. The summed E-state index contributed by atoms with van der Waals surface area (Å²) >= 11 is 2.95. The van der Waals surface area contributed by atoms with Crippen molar-refractivity contribution in [3.63, 3.8) is 0 Å². The number of nitrogens with two attached hydrogens (primary N) is 1. The van der Waals surface area contributed by atoms with Crippen LogP contribution in [0.15, 0.2) is 63.7 Å². The molecule has 1 spiro atoms. The van der Waals surface area contributed by atoms with Crippen LogP contribution >= 0.6 is 23.1 Å². The van der Waals surface area contributed by atoms with E-state index in [2.05, 4.69) is 10.6 Å². The van der Waals surface area contributed by atoms with Gasteiger partial charge in [0.1, 0.15) is 23.4 Å². The molecule has 2 saturated heterocycles. The molecule has 2 fully saturated rings. The quantitative estimate of drug-likeness (QED) is 0.184. The second-order valence-corrected chi connectivity index (χ2v) is 12.3. The van der Waals surface area contributed by atoms with Crippen LogP contribution in [0.4, 0.5) is 0 Å². The predicted molar refractivity (Wildman–Crippen MR) is 156 cm³/mol. The standard InChI is InChI=1S/C29H29N5O6S2/c1-16(24-11-18(14-41-24)26(30)31)33-28(37)19-12-29(38-8-9-39-29)15-34(19)25(35)13-32-27(36)17-6-7-23-21(10-17)40-20-4-2-3-5-22(20)42-23/h2-7,10-11,14,16,19H,8-9,12-13,15H2,1H3,(H3,30,31)(H,32,36)(H,33,37)/t16?,19-/m0/s1. The van der Waals surface area contributed by atoms with Crippen molar-refractivity contribution in [2.45, 2.75) is 41.0 Å². The summed E-state index contributed by atoms with van der Waals surface area (Å²) in [6, 6.07) is 13.4. The van der Waals surface area contributed by atoms with Gasteiger partial charge in [-0.25, -0.2) is 0 Å². The molecule has 1 unspecified atom stereocenters. The van der Waals surface area contributed by atoms with Gasteiger partial charge in [0, 0.05) is 27.8 Å². The lowest BCUT2D eigenvalue weighted by Crippen LogP contribution is -2.49. The first-order valence-corrected chi connectivity index (χ1v) is 15.1. The van der Waals surface area contributed by atoms with Crippen molar-refractivity contribution >= 4 is 46.7 Å². The van der Waals surface area contributed by atoms with Crippen molar-refractivity contribution in [2.75, 3.05) is 26.3 Å². The van der Waals surface area contributed by atoms with Gasteiger partial charge in [0.15, 0.2) is 5.79 Å². The first-order valence-electron chi connectivity index (χ1n) is 13.4. The largest absolute Gasteiger partial charge is 0.455 e. The van der Waals surface area contributed by atoms with Crippen molar-refractivity contribution in [3.05, 3.63) is 69.9 Å². The highest BCUT2D eigenvalue weighted by atomic mass is 32.2. The first-order chi connectivity index (χ1) is 20.2. The van der Waals surface area contributed by atoms with Crippen molar-refractivity contribution in [2.24, 2.45) is 5.73 Å². The molecule has 5 N–H and O–H groups in total. The summed E-state index contributed by atoms with van der Waals surface area (Å²) < 4.78 is 17.6. The number of carbonyl (C=O) groups is 3. The van der Waals surface area contributed by atoms with Crippen molar-refractivity contribution in [1.82, 2.24) is 15.5 Å². The summed E-state index contributed by atoms with van der Waals surface area (Å²) in [5.74, 6) is -1.04. The molecule has 3 amide bonds. The van der Waals surface area contributed by atoms with Gasteiger partial charge in [-0.3, -0.25) is 19.8 Å². The number of amides is 3. The minimum Gasteiger partial charge on any atom is -0.455 e. The number of nitrogens with one attached hydrogen (secondary N) is 3. The normalized spacial score (nSPS) is 19.0. The van der Waals surface area contributed by atoms with E-state index >= 15 is 0 Å². The number of carbonyl (C=O) groups excluding carboxylic acids is 3. The van der Waals surface area contributed by atoms with Gasteiger partial charge in [-0.1, -0.05) is 23.9 Å². The van der Waals surface area contributed by atoms with E-state index in [1.165, 1.54) is 16.2 Å². The number of thiophene rings is 1. The monoisotopic (exact) mass is 607 g/mol. The van der Waals surface area contributed by atoms with Crippen LogP contribution in [-0.4, -0.2) is 66.6 Å². The molecule has 6 rings (SSSR count). The van der Waals surface area contributed by atoms with E-state index in [0.29, 0.717) is 30.1 Å². The molecule has 11 nitrogen and oxygen atoms in total. The van der Waals surface area contributed by atoms with E-state index in [1.807, 2.05) is 37.3 Å². The highest BCUT2D eigenvalue weighted by molar-refractivity contribution is 7.99. The molecule has 1 aromatic heterocycles. The minimum absolute atomic E-state index is 0.0461. The minimum atomic E-state index is -1.06. The second kappa shape index (κ2) is 11.4. The summed E-state index contributed by atoms with van der Waals surface area (Å²) in [5.41, 5.74) is 6.51. The average molecular weight is 608 g/mol. The van der Waals surface area contributed by atoms with E-state index in [0.717, 1.165) is 20.4 Å². The Hall–Kier alpha value is -3.91. The SMILES string of the molecule is CC(NC(=O)[C@@H]1CC2(CN1C(=O)CNC(=O)c1ccc3c(c1)Oc1ccccc1S3)OCCO2)c1cc(C(=N)N)cs1. The molecule has 0 saturated carbocycles. The number of nitrogens with zero attached hydrogens (tertiary/aromatic N) is 1. The molecule has 0 aliphatic carbocycles. The summed E-state index contributed by atoms with van der Waals surface area (Å²) in [6.45, 7) is 2.33. The number of para-hydroxylation sites is 1. The molecule has 0 radical (unpaired) electrons. The zero-order valence-corrected chi connectivity index (χ0v) is 24.3. The number of likely N-dealkylation sites (tertiary alicyclic amines) is 1. The molecule has 0 bridgehead atoms. The predicted octanol–water partition coefficient (Wildman–Crippen LogP) is 3.24. The van der Waals surface area contributed by atoms with Gasteiger partial charge >= 0.3 is 0 Å². The summed E-state index contributed by atoms with van der Waals surface area (Å²) in [7, 11) is 0. The molecule has 3 aliphatic rings. The lowest BCUT2D eigenvalue weighted by atomic mass is 10.1. The smallest absolute Gasteiger partial charge is 0.251 e. The van der Waals surface area contributed by atoms with Gasteiger partial charge in [-0.15, -0.1) is 11.3 Å². The Labute approximate surface area is 250 Å². The van der Waals surface area contributed by atoms with Gasteiger partial charge in [0.2, 0.25) is 11.8 Å². The van der Waals surface area contributed by atoms with Crippen LogP contribution in [0.5, 0.6) is 11.5 Å². The summed E-state index contributed by atoms with van der Waals surface area (Å²) in [5, 5.41) is 15.0. The van der Waals surface area contributed by atoms with Crippen molar-refractivity contribution < 1.29 is 28.6 Å². The number of nitrogen functional groups attached to an aromatic ring is 1. The van der Waals surface area contributed by atoms with Crippen LogP contribution in [0, 0.1) is 5.41 Å². The molecule has 42 heavy (non-hydrogen) atoms. The van der Waals surface area contributed by atoms with Crippen LogP contribution in [0.3, 0.4) is 0 Å². The van der Waals surface area contributed by atoms with Gasteiger partial charge in [0.25, 0.3) is 5.91 Å². The number of fused-ring (bicyclic) bond motifs is 2. The van der Waals surface area contributed by atoms with E-state index in [9.17, 15) is 14.4 Å². The number of amidine groups is 1. The Bertz CT molecular complexity index is 1570. The summed E-state index contributed by atoms with van der Waals surface area (Å²) in [4.78, 5) is 44.0. The molecule has 13 heteroatoms. The Morgan fingerprint density at radius 2 is 1.86 bits per heavy atom. The number of hydrogen-bond donors (Lipinski definition) is 4. The van der Waals surface area contributed by atoms with Gasteiger partial charge in [0.05, 0.1) is 42.1 Å². The second-order valence-electron chi connectivity index (χ2n) is 10.2. The Morgan fingerprint density at radius 3 is 2.62 bits per heavy atom. The van der Waals surface area contributed by atoms with E-state index in [-0.39, 0.29) is 37.3 Å². The van der Waals surface area contributed by atoms with Crippen molar-refractivity contribution in [1.29, 1.82) is 5.41 Å². The highest BCUT2D eigenvalue weighted by Crippen LogP contribution is 2.47. The topological polar surface area (TPSA) is 156 Å². The average Bonchev–Trinajstić information content (AvgIpc) is 3.75. The maximum absolute atomic E-state index is 13.4. The molecule has 2 aromatic carbocycles. The molecular formula is C29H29N5O6S2. The number of rotatable bonds is 7. The van der Waals surface area contributed by atoms with Crippen LogP contribution in [0.1, 0.15) is 40.2 Å². The van der Waals surface area contributed by atoms with Gasteiger partial charge in [-0.05, 0) is 43.3 Å². The Balaban J connectivity index is 1.11. The summed E-state index contributed by atoms with van der Waals surface area (Å²) in [6.07, 6.45) is 0.176. The Morgan fingerprint density at radius 1 is 1.10 bits per heavy atom. The molecule has 3 aliphatic heterocycles. The van der Waals surface area contributed by atoms with Crippen LogP contribution in [0.2, 0.25) is 0 Å².